The van der Waals surface area contributed by atoms with Gasteiger partial charge in [-0.3, -0.25) is 0 Å². The highest BCUT2D eigenvalue weighted by molar-refractivity contribution is 5.56. The summed E-state index contributed by atoms with van der Waals surface area (Å²) in [6.07, 6.45) is 0. The van der Waals surface area contributed by atoms with Gasteiger partial charge < -0.3 is 20.4 Å². The van der Waals surface area contributed by atoms with Crippen molar-refractivity contribution in [3.05, 3.63) is 117 Å². The van der Waals surface area contributed by atoms with E-state index in [1.165, 1.54) is 0 Å². The van der Waals surface area contributed by atoms with Crippen molar-refractivity contribution >= 4 is 0 Å². The third-order valence-electron chi connectivity index (χ3n) is 8.25. The van der Waals surface area contributed by atoms with E-state index in [4.69, 9.17) is 0 Å². The van der Waals surface area contributed by atoms with E-state index in [1.54, 1.807) is 18.2 Å². The molecule has 4 heteroatoms. The molecule has 4 rings (SSSR count). The van der Waals surface area contributed by atoms with Gasteiger partial charge in [0.05, 0.1) is 0 Å². The second-order valence-corrected chi connectivity index (χ2v) is 11.3. The topological polar surface area (TPSA) is 80.9 Å². The zero-order valence-corrected chi connectivity index (χ0v) is 23.9. The first-order chi connectivity index (χ1) is 18.4. The standard InChI is InChI=1S/C35H40O4/c1-19(2)25-8-13-34(38)29(16-25)24(7)28-17-30(22(5)26-9-11-32(36)20(3)14-26)35(39)31(18-28)23(6)27-10-12-33(37)21(4)15-27/h8-19,22-24,36-39H,1-7H3. The largest absolute Gasteiger partial charge is 0.508 e. The fourth-order valence-corrected chi connectivity index (χ4v) is 5.33. The molecular weight excluding hydrogens is 484 g/mol. The summed E-state index contributed by atoms with van der Waals surface area (Å²) in [5.74, 6) is 0.918. The lowest BCUT2D eigenvalue weighted by Gasteiger charge is -2.25. The Hall–Kier alpha value is -3.92. The van der Waals surface area contributed by atoms with Crippen LogP contribution in [0.1, 0.15) is 108 Å². The Morgan fingerprint density at radius 1 is 0.436 bits per heavy atom. The van der Waals surface area contributed by atoms with Crippen molar-refractivity contribution in [2.75, 3.05) is 0 Å². The molecule has 0 spiro atoms. The van der Waals surface area contributed by atoms with E-state index in [0.29, 0.717) is 5.92 Å². The first kappa shape index (κ1) is 28.1. The second-order valence-electron chi connectivity index (χ2n) is 11.3. The Labute approximate surface area is 232 Å². The van der Waals surface area contributed by atoms with E-state index in [0.717, 1.165) is 50.1 Å². The molecule has 204 valence electrons. The highest BCUT2D eigenvalue weighted by Crippen LogP contribution is 2.44. The van der Waals surface area contributed by atoms with Crippen molar-refractivity contribution in [2.24, 2.45) is 0 Å². The van der Waals surface area contributed by atoms with Crippen molar-refractivity contribution in [2.45, 2.75) is 72.1 Å². The minimum absolute atomic E-state index is 0.121. The van der Waals surface area contributed by atoms with Gasteiger partial charge in [0.2, 0.25) is 0 Å². The number of aryl methyl sites for hydroxylation is 2. The minimum Gasteiger partial charge on any atom is -0.508 e. The van der Waals surface area contributed by atoms with Crippen LogP contribution in [0.2, 0.25) is 0 Å². The SMILES string of the molecule is Cc1cc(C(C)c2cc(C(C)c3cc(C(C)C)ccc3O)cc(C(C)c3ccc(O)c(C)c3)c2O)ccc1O. The Kier molecular flexibility index (Phi) is 7.96. The molecule has 39 heavy (non-hydrogen) atoms. The van der Waals surface area contributed by atoms with Gasteiger partial charge in [-0.15, -0.1) is 0 Å². The van der Waals surface area contributed by atoms with Crippen molar-refractivity contribution in [3.8, 4) is 23.0 Å². The van der Waals surface area contributed by atoms with Gasteiger partial charge in [-0.05, 0) is 71.3 Å². The summed E-state index contributed by atoms with van der Waals surface area (Å²) in [5.41, 5.74) is 8.16. The summed E-state index contributed by atoms with van der Waals surface area (Å²) < 4.78 is 0. The van der Waals surface area contributed by atoms with E-state index >= 15 is 0 Å². The molecule has 0 aromatic heterocycles. The predicted molar refractivity (Wildman–Crippen MR) is 159 cm³/mol. The van der Waals surface area contributed by atoms with Crippen LogP contribution in [-0.2, 0) is 0 Å². The van der Waals surface area contributed by atoms with Crippen molar-refractivity contribution in [1.29, 1.82) is 0 Å². The van der Waals surface area contributed by atoms with Gasteiger partial charge in [-0.2, -0.15) is 0 Å². The minimum atomic E-state index is -0.139. The molecular formula is C35H40O4. The van der Waals surface area contributed by atoms with Gasteiger partial charge >= 0.3 is 0 Å². The zero-order valence-electron chi connectivity index (χ0n) is 23.9. The van der Waals surface area contributed by atoms with E-state index in [2.05, 4.69) is 40.7 Å². The number of phenolic OH excluding ortho intramolecular Hbond substituents is 4. The van der Waals surface area contributed by atoms with Gasteiger partial charge in [0.1, 0.15) is 23.0 Å². The zero-order chi connectivity index (χ0) is 28.6. The van der Waals surface area contributed by atoms with Crippen LogP contribution in [0, 0.1) is 13.8 Å². The van der Waals surface area contributed by atoms with E-state index in [-0.39, 0.29) is 40.8 Å². The maximum Gasteiger partial charge on any atom is 0.123 e. The number of rotatable bonds is 7. The smallest absolute Gasteiger partial charge is 0.123 e. The predicted octanol–water partition coefficient (Wildman–Crippen LogP) is 8.70. The van der Waals surface area contributed by atoms with Gasteiger partial charge in [0.25, 0.3) is 0 Å². The van der Waals surface area contributed by atoms with Crippen LogP contribution in [0.25, 0.3) is 0 Å². The summed E-state index contributed by atoms with van der Waals surface area (Å²) in [6.45, 7) is 14.2. The van der Waals surface area contributed by atoms with Crippen molar-refractivity contribution in [1.82, 2.24) is 0 Å². The van der Waals surface area contributed by atoms with Gasteiger partial charge in [-0.25, -0.2) is 0 Å². The van der Waals surface area contributed by atoms with Crippen LogP contribution in [0.5, 0.6) is 23.0 Å². The highest BCUT2D eigenvalue weighted by atomic mass is 16.3. The molecule has 0 aliphatic heterocycles. The normalized spacial score (nSPS) is 13.8. The molecule has 4 aromatic carbocycles. The number of aromatic hydroxyl groups is 4. The quantitative estimate of drug-likeness (QED) is 0.195. The van der Waals surface area contributed by atoms with Crippen LogP contribution in [0.4, 0.5) is 0 Å². The lowest BCUT2D eigenvalue weighted by atomic mass is 9.81. The third-order valence-corrected chi connectivity index (χ3v) is 8.25. The molecule has 4 nitrogen and oxygen atoms in total. The Morgan fingerprint density at radius 3 is 1.26 bits per heavy atom. The molecule has 0 radical (unpaired) electrons. The highest BCUT2D eigenvalue weighted by Gasteiger charge is 2.25. The molecule has 0 fully saturated rings. The lowest BCUT2D eigenvalue weighted by molar-refractivity contribution is 0.455. The van der Waals surface area contributed by atoms with Crippen LogP contribution >= 0.6 is 0 Å². The number of hydrogen-bond donors (Lipinski definition) is 4. The Morgan fingerprint density at radius 2 is 0.821 bits per heavy atom. The van der Waals surface area contributed by atoms with Gasteiger partial charge in [0, 0.05) is 34.4 Å². The number of phenols is 4. The van der Waals surface area contributed by atoms with Crippen molar-refractivity contribution in [3.63, 3.8) is 0 Å². The lowest BCUT2D eigenvalue weighted by Crippen LogP contribution is -2.07. The fourth-order valence-electron chi connectivity index (χ4n) is 5.33. The van der Waals surface area contributed by atoms with E-state index < -0.39 is 0 Å². The van der Waals surface area contributed by atoms with Gasteiger partial charge in [-0.1, -0.05) is 83.1 Å². The molecule has 0 aliphatic carbocycles. The number of benzene rings is 4. The molecule has 4 aromatic rings. The first-order valence-electron chi connectivity index (χ1n) is 13.7. The molecule has 0 heterocycles. The molecule has 3 atom stereocenters. The molecule has 0 aliphatic rings. The molecule has 0 saturated heterocycles. The molecule has 0 saturated carbocycles. The van der Waals surface area contributed by atoms with Crippen molar-refractivity contribution < 1.29 is 20.4 Å². The van der Waals surface area contributed by atoms with E-state index in [1.807, 2.05) is 56.3 Å². The molecule has 3 unspecified atom stereocenters. The average molecular weight is 525 g/mol. The summed E-state index contributed by atoms with van der Waals surface area (Å²) in [7, 11) is 0. The fraction of sp³-hybridized carbons (Fsp3) is 0.314. The monoisotopic (exact) mass is 524 g/mol. The molecule has 4 N–H and O–H groups in total. The summed E-state index contributed by atoms with van der Waals surface area (Å²) in [6, 6.07) is 21.0. The second kappa shape index (κ2) is 11.1. The summed E-state index contributed by atoms with van der Waals surface area (Å²) in [4.78, 5) is 0. The van der Waals surface area contributed by atoms with Crippen LogP contribution in [0.15, 0.2) is 66.7 Å². The Bertz CT molecular complexity index is 1420. The van der Waals surface area contributed by atoms with Crippen LogP contribution in [-0.4, -0.2) is 20.4 Å². The van der Waals surface area contributed by atoms with E-state index in [9.17, 15) is 20.4 Å². The maximum absolute atomic E-state index is 11.7. The molecule has 0 bridgehead atoms. The summed E-state index contributed by atoms with van der Waals surface area (Å²) >= 11 is 0. The van der Waals surface area contributed by atoms with Crippen LogP contribution in [0.3, 0.4) is 0 Å². The Balaban J connectivity index is 1.91. The number of hydrogen-bond acceptors (Lipinski definition) is 4. The molecule has 0 amide bonds. The average Bonchev–Trinajstić information content (AvgIpc) is 2.91. The summed E-state index contributed by atoms with van der Waals surface area (Å²) in [5, 5.41) is 42.7. The third kappa shape index (κ3) is 5.61. The maximum atomic E-state index is 11.7. The van der Waals surface area contributed by atoms with Crippen LogP contribution < -0.4 is 0 Å². The first-order valence-corrected chi connectivity index (χ1v) is 13.7. The van der Waals surface area contributed by atoms with Gasteiger partial charge in [0.15, 0.2) is 0 Å².